The highest BCUT2D eigenvalue weighted by Gasteiger charge is 2.67. The maximum Gasteiger partial charge on any atom is 0.409 e. The average molecular weight is 333 g/mol. The van der Waals surface area contributed by atoms with E-state index < -0.39 is 0 Å². The molecule has 24 heavy (non-hydrogen) atoms. The Morgan fingerprint density at radius 3 is 2.58 bits per heavy atom. The number of ether oxygens (including phenoxy) is 1. The second-order valence-corrected chi connectivity index (χ2v) is 10.4. The van der Waals surface area contributed by atoms with Crippen molar-refractivity contribution < 1.29 is 9.53 Å². The van der Waals surface area contributed by atoms with Crippen LogP contribution in [0.4, 0.5) is 4.79 Å². The van der Waals surface area contributed by atoms with Gasteiger partial charge in [0.15, 0.2) is 0 Å². The van der Waals surface area contributed by atoms with Crippen LogP contribution in [0.5, 0.6) is 0 Å². The molecule has 4 fully saturated rings. The highest BCUT2D eigenvalue weighted by Crippen LogP contribution is 2.70. The molecule has 0 N–H and O–H groups in total. The molecule has 1 radical (unpaired) electrons. The van der Waals surface area contributed by atoms with Crippen LogP contribution in [0.15, 0.2) is 0 Å². The van der Waals surface area contributed by atoms with Crippen molar-refractivity contribution in [3.05, 3.63) is 6.42 Å². The van der Waals surface area contributed by atoms with Crippen molar-refractivity contribution in [2.24, 2.45) is 28.1 Å². The van der Waals surface area contributed by atoms with Gasteiger partial charge in [0.05, 0.1) is 7.11 Å². The third-order valence-corrected chi connectivity index (χ3v) is 8.73. The lowest BCUT2D eigenvalue weighted by atomic mass is 9.40. The molecule has 3 nitrogen and oxygen atoms in total. The first-order valence-corrected chi connectivity index (χ1v) is 9.87. The van der Waals surface area contributed by atoms with Crippen LogP contribution in [0, 0.1) is 34.5 Å². The van der Waals surface area contributed by atoms with Gasteiger partial charge in [-0.2, -0.15) is 0 Å². The fourth-order valence-corrected chi connectivity index (χ4v) is 7.83. The molecular weight excluding hydrogens is 298 g/mol. The summed E-state index contributed by atoms with van der Waals surface area (Å²) < 4.78 is 5.12. The molecule has 1 aliphatic heterocycles. The van der Waals surface area contributed by atoms with Gasteiger partial charge in [0, 0.05) is 12.1 Å². The largest absolute Gasteiger partial charge is 0.453 e. The first-order valence-electron chi connectivity index (χ1n) is 9.87. The lowest BCUT2D eigenvalue weighted by Gasteiger charge is -2.64. The number of hydrogen-bond acceptors (Lipinski definition) is 2. The summed E-state index contributed by atoms with van der Waals surface area (Å²) in [5.74, 6) is 1.56. The highest BCUT2D eigenvalue weighted by atomic mass is 16.5. The SMILES string of the molecule is COC(=O)N1C[C@]23CC[C@@H]4C(C)(C)CCC[C@@]4(C)[C@@H]2C[CH][C@@]1(C)C3. The Hall–Kier alpha value is -0.730. The van der Waals surface area contributed by atoms with E-state index in [9.17, 15) is 4.79 Å². The normalized spacial score (nSPS) is 49.3. The molecule has 4 aliphatic rings. The quantitative estimate of drug-likeness (QED) is 0.621. The molecule has 1 heterocycles. The number of fused-ring (bicyclic) bond motifs is 3. The van der Waals surface area contributed by atoms with E-state index in [0.717, 1.165) is 24.8 Å². The third-order valence-electron chi connectivity index (χ3n) is 8.73. The van der Waals surface area contributed by atoms with Gasteiger partial charge in [-0.05, 0) is 80.0 Å². The number of nitrogens with zero attached hydrogens (tertiary/aromatic N) is 1. The molecule has 0 aromatic rings. The summed E-state index contributed by atoms with van der Waals surface area (Å²) in [6, 6.07) is 0. The Bertz CT molecular complexity index is 558. The van der Waals surface area contributed by atoms with Gasteiger partial charge in [0.2, 0.25) is 0 Å². The van der Waals surface area contributed by atoms with E-state index in [2.05, 4.69) is 34.1 Å². The minimum absolute atomic E-state index is 0.100. The molecule has 135 valence electrons. The highest BCUT2D eigenvalue weighted by molar-refractivity contribution is 5.70. The Labute approximate surface area is 147 Å². The summed E-state index contributed by atoms with van der Waals surface area (Å²) >= 11 is 0. The first kappa shape index (κ1) is 16.7. The van der Waals surface area contributed by atoms with Crippen LogP contribution in [0.25, 0.3) is 0 Å². The monoisotopic (exact) mass is 332 g/mol. The molecule has 0 aromatic heterocycles. The second kappa shape index (κ2) is 4.92. The fourth-order valence-electron chi connectivity index (χ4n) is 7.83. The van der Waals surface area contributed by atoms with Gasteiger partial charge in [-0.3, -0.25) is 0 Å². The summed E-state index contributed by atoms with van der Waals surface area (Å²) in [5, 5.41) is 0. The number of rotatable bonds is 0. The van der Waals surface area contributed by atoms with E-state index in [1.165, 1.54) is 45.6 Å². The molecule has 1 saturated heterocycles. The lowest BCUT2D eigenvalue weighted by molar-refractivity contribution is -0.135. The summed E-state index contributed by atoms with van der Waals surface area (Å²) in [7, 11) is 1.52. The molecule has 3 heteroatoms. The van der Waals surface area contributed by atoms with E-state index in [-0.39, 0.29) is 11.6 Å². The smallest absolute Gasteiger partial charge is 0.409 e. The van der Waals surface area contributed by atoms with Crippen molar-refractivity contribution in [2.45, 2.75) is 78.2 Å². The zero-order valence-electron chi connectivity index (χ0n) is 16.2. The van der Waals surface area contributed by atoms with E-state index >= 15 is 0 Å². The number of carbonyl (C=O) groups excluding carboxylic acids is 1. The summed E-state index contributed by atoms with van der Waals surface area (Å²) in [5.41, 5.74) is 1.12. The lowest BCUT2D eigenvalue weighted by Crippen LogP contribution is -2.57. The van der Waals surface area contributed by atoms with E-state index in [4.69, 9.17) is 4.74 Å². The molecule has 1 spiro atoms. The molecule has 0 aromatic carbocycles. The van der Waals surface area contributed by atoms with Gasteiger partial charge in [-0.15, -0.1) is 0 Å². The number of methoxy groups -OCH3 is 1. The van der Waals surface area contributed by atoms with Crippen LogP contribution in [0.1, 0.15) is 72.6 Å². The number of amides is 1. The number of hydrogen-bond donors (Lipinski definition) is 0. The van der Waals surface area contributed by atoms with Gasteiger partial charge in [-0.1, -0.05) is 27.2 Å². The van der Waals surface area contributed by atoms with E-state index in [1.807, 2.05) is 4.90 Å². The molecule has 5 atom stereocenters. The van der Waals surface area contributed by atoms with E-state index in [0.29, 0.717) is 16.2 Å². The van der Waals surface area contributed by atoms with Crippen molar-refractivity contribution in [1.29, 1.82) is 0 Å². The Balaban J connectivity index is 1.71. The minimum atomic E-state index is -0.137. The van der Waals surface area contributed by atoms with Gasteiger partial charge < -0.3 is 9.64 Å². The zero-order valence-corrected chi connectivity index (χ0v) is 16.2. The summed E-state index contributed by atoms with van der Waals surface area (Å²) in [6.45, 7) is 10.7. The average Bonchev–Trinajstić information content (AvgIpc) is 2.71. The molecule has 1 amide bonds. The molecule has 4 rings (SSSR count). The minimum Gasteiger partial charge on any atom is -0.453 e. The summed E-state index contributed by atoms with van der Waals surface area (Å²) in [4.78, 5) is 14.4. The van der Waals surface area contributed by atoms with Crippen LogP contribution in [-0.4, -0.2) is 30.2 Å². The Morgan fingerprint density at radius 1 is 1.12 bits per heavy atom. The van der Waals surface area contributed by atoms with Crippen LogP contribution in [0.2, 0.25) is 0 Å². The maximum atomic E-state index is 12.4. The van der Waals surface area contributed by atoms with E-state index in [1.54, 1.807) is 0 Å². The molecule has 2 bridgehead atoms. The van der Waals surface area contributed by atoms with Crippen molar-refractivity contribution in [3.63, 3.8) is 0 Å². The van der Waals surface area contributed by atoms with Crippen molar-refractivity contribution in [3.8, 4) is 0 Å². The van der Waals surface area contributed by atoms with Crippen LogP contribution in [0.3, 0.4) is 0 Å². The Kier molecular flexibility index (Phi) is 3.43. The van der Waals surface area contributed by atoms with Crippen molar-refractivity contribution >= 4 is 6.09 Å². The third kappa shape index (κ3) is 1.99. The van der Waals surface area contributed by atoms with Crippen molar-refractivity contribution in [2.75, 3.05) is 13.7 Å². The maximum absolute atomic E-state index is 12.4. The molecule has 0 unspecified atom stereocenters. The van der Waals surface area contributed by atoms with Crippen LogP contribution < -0.4 is 0 Å². The molecule has 3 saturated carbocycles. The molecular formula is C21H34NO2. The standard InChI is InChI=1S/C21H34NO2/c1-18(2)9-6-10-20(4)15(18)8-12-21-13-19(3,11-7-16(20)21)22(14-21)17(23)24-5/h11,15-16H,6-10,12-14H2,1-5H3/t15-,16+,19+,20-,21-/m1/s1. The van der Waals surface area contributed by atoms with Gasteiger partial charge in [0.25, 0.3) is 0 Å². The van der Waals surface area contributed by atoms with Gasteiger partial charge in [-0.25, -0.2) is 4.79 Å². The fraction of sp³-hybridized carbons (Fsp3) is 0.905. The van der Waals surface area contributed by atoms with Crippen LogP contribution in [-0.2, 0) is 4.74 Å². The Morgan fingerprint density at radius 2 is 1.88 bits per heavy atom. The number of carbonyl (C=O) groups is 1. The summed E-state index contributed by atoms with van der Waals surface area (Å²) in [6.07, 6.45) is 11.4. The predicted molar refractivity (Wildman–Crippen MR) is 95.4 cm³/mol. The molecule has 3 aliphatic carbocycles. The van der Waals surface area contributed by atoms with Gasteiger partial charge in [0.1, 0.15) is 0 Å². The van der Waals surface area contributed by atoms with Crippen LogP contribution >= 0.6 is 0 Å². The first-order chi connectivity index (χ1) is 11.2. The van der Waals surface area contributed by atoms with Crippen molar-refractivity contribution in [1.82, 2.24) is 4.90 Å². The number of likely N-dealkylation sites (tertiary alicyclic amines) is 1. The van der Waals surface area contributed by atoms with Gasteiger partial charge >= 0.3 is 6.09 Å². The zero-order chi connectivity index (χ0) is 17.4. The second-order valence-electron chi connectivity index (χ2n) is 10.4. The topological polar surface area (TPSA) is 29.5 Å². The predicted octanol–water partition coefficient (Wildman–Crippen LogP) is 5.05.